The molecule has 1 N–H and O–H groups in total. The van der Waals surface area contributed by atoms with Crippen molar-refractivity contribution in [1.29, 1.82) is 0 Å². The third kappa shape index (κ3) is 3.99. The first kappa shape index (κ1) is 22.0. The summed E-state index contributed by atoms with van der Waals surface area (Å²) in [6.45, 7) is 13.7. The van der Waals surface area contributed by atoms with Gasteiger partial charge in [-0.1, -0.05) is 57.5 Å². The maximum atomic E-state index is 14.5. The zero-order valence-corrected chi connectivity index (χ0v) is 19.2. The second-order valence-corrected chi connectivity index (χ2v) is 12.6. The minimum atomic E-state index is -3.24. The molecule has 0 unspecified atom stereocenters. The van der Waals surface area contributed by atoms with Gasteiger partial charge in [0, 0.05) is 18.0 Å². The van der Waals surface area contributed by atoms with Crippen LogP contribution in [-0.2, 0) is 9.09 Å². The third-order valence-electron chi connectivity index (χ3n) is 6.90. The van der Waals surface area contributed by atoms with Crippen molar-refractivity contribution < 1.29 is 14.2 Å². The topological polar surface area (TPSA) is 49.8 Å². The van der Waals surface area contributed by atoms with Crippen LogP contribution in [-0.4, -0.2) is 33.6 Å². The van der Waals surface area contributed by atoms with Crippen molar-refractivity contribution in [3.8, 4) is 0 Å². The fourth-order valence-electron chi connectivity index (χ4n) is 5.17. The number of aliphatic hydroxyl groups is 1. The van der Waals surface area contributed by atoms with Crippen LogP contribution in [0.15, 0.2) is 30.3 Å². The summed E-state index contributed by atoms with van der Waals surface area (Å²) < 4.78 is 23.2. The fraction of sp³-hybridized carbons (Fsp3) is 0.739. The van der Waals surface area contributed by atoms with Crippen LogP contribution in [0.25, 0.3) is 0 Å². The molecule has 1 heterocycles. The highest BCUT2D eigenvalue weighted by Gasteiger charge is 2.58. The molecule has 2 fully saturated rings. The highest BCUT2D eigenvalue weighted by molar-refractivity contribution is 7.57. The van der Waals surface area contributed by atoms with Gasteiger partial charge in [-0.25, -0.2) is 4.67 Å². The monoisotopic (exact) mass is 407 g/mol. The summed E-state index contributed by atoms with van der Waals surface area (Å²) in [5, 5.41) is 11.1. The van der Waals surface area contributed by atoms with Gasteiger partial charge in [0.15, 0.2) is 0 Å². The Balaban J connectivity index is 2.00. The number of benzene rings is 1. The van der Waals surface area contributed by atoms with Crippen LogP contribution in [0.2, 0.25) is 0 Å². The molecule has 0 bridgehead atoms. The van der Waals surface area contributed by atoms with Gasteiger partial charge in [-0.3, -0.25) is 4.57 Å². The molecule has 1 aliphatic carbocycles. The van der Waals surface area contributed by atoms with Crippen LogP contribution in [0.5, 0.6) is 0 Å². The molecule has 0 spiro atoms. The Labute approximate surface area is 171 Å². The smallest absolute Gasteiger partial charge is 0.278 e. The number of hydrogen-bond acceptors (Lipinski definition) is 3. The summed E-state index contributed by atoms with van der Waals surface area (Å²) in [5.74, 6) is 1.35. The lowest BCUT2D eigenvalue weighted by Crippen LogP contribution is -2.59. The SMILES string of the molecule is CC(C)CN1C(C)(C)[C@@H]2CC[C@@H](C)C[C@H]2O[P@@]1(=O)[C@H](C)[C@H](O)c1ccccc1. The van der Waals surface area contributed by atoms with Crippen molar-refractivity contribution in [3.63, 3.8) is 0 Å². The number of rotatable bonds is 5. The number of nitrogens with zero attached hydrogens (tertiary/aromatic N) is 1. The van der Waals surface area contributed by atoms with Gasteiger partial charge in [0.2, 0.25) is 0 Å². The van der Waals surface area contributed by atoms with Crippen LogP contribution < -0.4 is 0 Å². The summed E-state index contributed by atoms with van der Waals surface area (Å²) in [5.41, 5.74) is 0.106. The zero-order valence-electron chi connectivity index (χ0n) is 18.3. The van der Waals surface area contributed by atoms with Crippen molar-refractivity contribution in [2.45, 2.75) is 84.2 Å². The molecule has 158 valence electrons. The van der Waals surface area contributed by atoms with Crippen LogP contribution in [0.3, 0.4) is 0 Å². The van der Waals surface area contributed by atoms with Crippen molar-refractivity contribution in [2.24, 2.45) is 17.8 Å². The summed E-state index contributed by atoms with van der Waals surface area (Å²) >= 11 is 0. The van der Waals surface area contributed by atoms with E-state index in [-0.39, 0.29) is 11.6 Å². The van der Waals surface area contributed by atoms with Crippen molar-refractivity contribution in [2.75, 3.05) is 6.54 Å². The minimum Gasteiger partial charge on any atom is -0.388 e. The highest BCUT2D eigenvalue weighted by atomic mass is 31.2. The quantitative estimate of drug-likeness (QED) is 0.620. The lowest BCUT2D eigenvalue weighted by molar-refractivity contribution is -0.0548. The molecular formula is C23H38NO3P. The number of aliphatic hydroxyl groups excluding tert-OH is 1. The standard InChI is InChI=1S/C23H38NO3P/c1-16(2)15-24-23(5,6)20-13-12-17(3)14-21(20)27-28(24,26)18(4)22(25)19-10-8-7-9-11-19/h7-11,16-18,20-22,25H,12-15H2,1-6H3/t17-,18-,20-,21-,22+,28+/m1/s1. The summed E-state index contributed by atoms with van der Waals surface area (Å²) in [4.78, 5) is 0. The molecule has 0 aromatic heterocycles. The first-order valence-electron chi connectivity index (χ1n) is 10.9. The predicted molar refractivity (Wildman–Crippen MR) is 115 cm³/mol. The van der Waals surface area contributed by atoms with E-state index in [1.165, 1.54) is 6.42 Å². The van der Waals surface area contributed by atoms with Crippen LogP contribution in [0.1, 0.15) is 72.5 Å². The summed E-state index contributed by atoms with van der Waals surface area (Å²) in [6, 6.07) is 9.57. The van der Waals surface area contributed by atoms with Gasteiger partial charge < -0.3 is 9.63 Å². The van der Waals surface area contributed by atoms with Crippen molar-refractivity contribution in [3.05, 3.63) is 35.9 Å². The van der Waals surface area contributed by atoms with E-state index in [0.717, 1.165) is 24.9 Å². The predicted octanol–water partition coefficient (Wildman–Crippen LogP) is 5.87. The van der Waals surface area contributed by atoms with Gasteiger partial charge in [0.25, 0.3) is 7.52 Å². The van der Waals surface area contributed by atoms with Gasteiger partial charge in [0.05, 0.1) is 17.9 Å². The molecule has 6 atom stereocenters. The maximum absolute atomic E-state index is 14.5. The molecule has 1 saturated carbocycles. The zero-order chi connectivity index (χ0) is 20.7. The van der Waals surface area contributed by atoms with E-state index in [1.54, 1.807) is 0 Å². The lowest BCUT2D eigenvalue weighted by Gasteiger charge is -2.58. The van der Waals surface area contributed by atoms with Gasteiger partial charge in [-0.05, 0) is 51.0 Å². The largest absolute Gasteiger partial charge is 0.388 e. The van der Waals surface area contributed by atoms with Crippen molar-refractivity contribution in [1.82, 2.24) is 4.67 Å². The first-order chi connectivity index (χ1) is 13.1. The Morgan fingerprint density at radius 3 is 2.46 bits per heavy atom. The van der Waals surface area contributed by atoms with Gasteiger partial charge in [-0.2, -0.15) is 0 Å². The molecule has 1 aromatic rings. The highest BCUT2D eigenvalue weighted by Crippen LogP contribution is 2.68. The Kier molecular flexibility index (Phi) is 6.47. The average Bonchev–Trinajstić information content (AvgIpc) is 2.64. The van der Waals surface area contributed by atoms with Crippen molar-refractivity contribution >= 4 is 7.52 Å². The molecule has 4 nitrogen and oxygen atoms in total. The maximum Gasteiger partial charge on any atom is 0.278 e. The molecule has 1 saturated heterocycles. The van der Waals surface area contributed by atoms with E-state index in [1.807, 2.05) is 37.3 Å². The number of fused-ring (bicyclic) bond motifs is 1. The lowest BCUT2D eigenvalue weighted by atomic mass is 9.71. The van der Waals surface area contributed by atoms with Crippen LogP contribution in [0.4, 0.5) is 0 Å². The molecule has 28 heavy (non-hydrogen) atoms. The Bertz CT molecular complexity index is 705. The van der Waals surface area contributed by atoms with E-state index < -0.39 is 19.3 Å². The Morgan fingerprint density at radius 1 is 1.21 bits per heavy atom. The van der Waals surface area contributed by atoms with Gasteiger partial charge in [-0.15, -0.1) is 0 Å². The molecule has 3 rings (SSSR count). The molecule has 0 amide bonds. The summed E-state index contributed by atoms with van der Waals surface area (Å²) in [6.07, 6.45) is 2.48. The van der Waals surface area contributed by atoms with E-state index in [0.29, 0.717) is 17.8 Å². The van der Waals surface area contributed by atoms with Crippen LogP contribution in [0, 0.1) is 17.8 Å². The minimum absolute atomic E-state index is 0.0124. The molecule has 0 radical (unpaired) electrons. The van der Waals surface area contributed by atoms with E-state index in [4.69, 9.17) is 4.52 Å². The average molecular weight is 408 g/mol. The normalized spacial score (nSPS) is 35.4. The molecule has 2 aliphatic rings. The van der Waals surface area contributed by atoms with E-state index in [9.17, 15) is 9.67 Å². The molecular weight excluding hydrogens is 369 g/mol. The van der Waals surface area contributed by atoms with Gasteiger partial charge in [0.1, 0.15) is 0 Å². The molecule has 5 heteroatoms. The molecule has 1 aromatic carbocycles. The molecule has 1 aliphatic heterocycles. The van der Waals surface area contributed by atoms with E-state index >= 15 is 0 Å². The Morgan fingerprint density at radius 2 is 1.86 bits per heavy atom. The second-order valence-electron chi connectivity index (χ2n) is 9.96. The second kappa shape index (κ2) is 8.22. The fourth-order valence-corrected chi connectivity index (χ4v) is 8.49. The van der Waals surface area contributed by atoms with Crippen LogP contribution >= 0.6 is 7.52 Å². The first-order valence-corrected chi connectivity index (χ1v) is 12.5. The number of hydrogen-bond donors (Lipinski definition) is 1. The Hall–Kier alpha value is -0.670. The third-order valence-corrected chi connectivity index (χ3v) is 10.1. The van der Waals surface area contributed by atoms with E-state index in [2.05, 4.69) is 39.3 Å². The van der Waals surface area contributed by atoms with Gasteiger partial charge >= 0.3 is 0 Å². The summed E-state index contributed by atoms with van der Waals surface area (Å²) in [7, 11) is -3.24.